The van der Waals surface area contributed by atoms with Crippen molar-refractivity contribution in [1.29, 1.82) is 0 Å². The highest BCUT2D eigenvalue weighted by Gasteiger charge is 2.25. The van der Waals surface area contributed by atoms with E-state index in [1.165, 1.54) is 6.07 Å². The number of carboxylic acid groups (broad SMARTS) is 1. The molecular formula is C13H13N3O4S. The molecule has 3 heterocycles. The summed E-state index contributed by atoms with van der Waals surface area (Å²) in [6.07, 6.45) is 2.84. The lowest BCUT2D eigenvalue weighted by atomic mass is 10.2. The van der Waals surface area contributed by atoms with Crippen molar-refractivity contribution in [3.63, 3.8) is 0 Å². The van der Waals surface area contributed by atoms with E-state index in [1.807, 2.05) is 5.38 Å². The molecule has 0 aromatic carbocycles. The zero-order valence-corrected chi connectivity index (χ0v) is 11.9. The molecule has 3 rings (SSSR count). The molecular weight excluding hydrogens is 294 g/mol. The molecule has 1 N–H and O–H groups in total. The van der Waals surface area contributed by atoms with Gasteiger partial charge in [-0.15, -0.1) is 11.3 Å². The van der Waals surface area contributed by atoms with Crippen LogP contribution in [0.15, 0.2) is 28.3 Å². The van der Waals surface area contributed by atoms with E-state index < -0.39 is 5.97 Å². The van der Waals surface area contributed by atoms with Crippen LogP contribution in [0.4, 0.5) is 5.13 Å². The van der Waals surface area contributed by atoms with Crippen LogP contribution in [0.2, 0.25) is 0 Å². The highest BCUT2D eigenvalue weighted by Crippen LogP contribution is 2.20. The normalized spacial score (nSPS) is 15.2. The second kappa shape index (κ2) is 5.57. The maximum atomic E-state index is 12.2. The van der Waals surface area contributed by atoms with Crippen molar-refractivity contribution >= 4 is 28.3 Å². The molecule has 0 saturated carbocycles. The van der Waals surface area contributed by atoms with Gasteiger partial charge in [0.05, 0.1) is 5.56 Å². The van der Waals surface area contributed by atoms with Crippen LogP contribution < -0.4 is 4.90 Å². The van der Waals surface area contributed by atoms with Gasteiger partial charge in [0.1, 0.15) is 6.26 Å². The van der Waals surface area contributed by atoms with Gasteiger partial charge in [0, 0.05) is 43.8 Å². The third-order valence-electron chi connectivity index (χ3n) is 3.31. The number of piperazine rings is 1. The Balaban J connectivity index is 1.63. The van der Waals surface area contributed by atoms with Crippen LogP contribution >= 0.6 is 11.3 Å². The van der Waals surface area contributed by atoms with Gasteiger partial charge in [0.25, 0.3) is 5.91 Å². The number of carbonyl (C=O) groups is 2. The number of furan rings is 1. The summed E-state index contributed by atoms with van der Waals surface area (Å²) >= 11 is 1.57. The summed E-state index contributed by atoms with van der Waals surface area (Å²) in [4.78, 5) is 31.1. The summed E-state index contributed by atoms with van der Waals surface area (Å²) in [6.45, 7) is 2.51. The second-order valence-electron chi connectivity index (χ2n) is 4.60. The van der Waals surface area contributed by atoms with Gasteiger partial charge in [-0.3, -0.25) is 4.79 Å². The lowest BCUT2D eigenvalue weighted by molar-refractivity contribution is 0.0692. The van der Waals surface area contributed by atoms with E-state index in [4.69, 9.17) is 9.52 Å². The largest absolute Gasteiger partial charge is 0.478 e. The number of nitrogens with zero attached hydrogens (tertiary/aromatic N) is 3. The SMILES string of the molecule is O=C(O)c1coc(C(=O)N2CCN(c3nccs3)CC2)c1. The Bertz CT molecular complexity index is 644. The number of carbonyl (C=O) groups excluding carboxylic acids is 1. The Kier molecular flexibility index (Phi) is 3.61. The number of amides is 1. The molecule has 110 valence electrons. The zero-order chi connectivity index (χ0) is 14.8. The van der Waals surface area contributed by atoms with Crippen LogP contribution in [0.25, 0.3) is 0 Å². The molecule has 21 heavy (non-hydrogen) atoms. The average Bonchev–Trinajstić information content (AvgIpc) is 3.18. The first kappa shape index (κ1) is 13.6. The molecule has 0 radical (unpaired) electrons. The molecule has 1 aliphatic heterocycles. The van der Waals surface area contributed by atoms with E-state index >= 15 is 0 Å². The van der Waals surface area contributed by atoms with Gasteiger partial charge in [0.15, 0.2) is 10.9 Å². The molecule has 7 nitrogen and oxygen atoms in total. The van der Waals surface area contributed by atoms with Crippen molar-refractivity contribution in [1.82, 2.24) is 9.88 Å². The summed E-state index contributed by atoms with van der Waals surface area (Å²) in [5, 5.41) is 11.7. The molecule has 0 bridgehead atoms. The fraction of sp³-hybridized carbons (Fsp3) is 0.308. The predicted octanol–water partition coefficient (Wildman–Crippen LogP) is 1.40. The van der Waals surface area contributed by atoms with Crippen LogP contribution in [0.3, 0.4) is 0 Å². The fourth-order valence-electron chi connectivity index (χ4n) is 2.19. The zero-order valence-electron chi connectivity index (χ0n) is 11.1. The molecule has 1 fully saturated rings. The third kappa shape index (κ3) is 2.75. The van der Waals surface area contributed by atoms with Crippen molar-refractivity contribution in [3.8, 4) is 0 Å². The minimum atomic E-state index is -1.11. The Morgan fingerprint density at radius 2 is 2.05 bits per heavy atom. The van der Waals surface area contributed by atoms with Gasteiger partial charge >= 0.3 is 5.97 Å². The van der Waals surface area contributed by atoms with Crippen molar-refractivity contribution in [3.05, 3.63) is 35.2 Å². The Morgan fingerprint density at radius 1 is 1.29 bits per heavy atom. The summed E-state index contributed by atoms with van der Waals surface area (Å²) in [5.74, 6) is -1.32. The van der Waals surface area contributed by atoms with Gasteiger partial charge in [-0.2, -0.15) is 0 Å². The van der Waals surface area contributed by atoms with Crippen LogP contribution in [0.5, 0.6) is 0 Å². The molecule has 0 atom stereocenters. The van der Waals surface area contributed by atoms with Crippen LogP contribution in [0.1, 0.15) is 20.9 Å². The predicted molar refractivity (Wildman–Crippen MR) is 75.9 cm³/mol. The van der Waals surface area contributed by atoms with Gasteiger partial charge in [0.2, 0.25) is 0 Å². The fourth-order valence-corrected chi connectivity index (χ4v) is 2.89. The first-order chi connectivity index (χ1) is 10.1. The number of rotatable bonds is 3. The number of anilines is 1. The standard InChI is InChI=1S/C13H13N3O4S/c17-11(10-7-9(8-20-10)12(18)19)15-2-4-16(5-3-15)13-14-1-6-21-13/h1,6-8H,2-5H2,(H,18,19). The number of thiazole rings is 1. The van der Waals surface area contributed by atoms with E-state index in [9.17, 15) is 9.59 Å². The quantitative estimate of drug-likeness (QED) is 0.922. The van der Waals surface area contributed by atoms with Gasteiger partial charge in [-0.25, -0.2) is 9.78 Å². The number of aromatic nitrogens is 1. The lowest BCUT2D eigenvalue weighted by Crippen LogP contribution is -2.48. The van der Waals surface area contributed by atoms with Crippen LogP contribution in [-0.2, 0) is 0 Å². The van der Waals surface area contributed by atoms with E-state index in [0.29, 0.717) is 26.2 Å². The summed E-state index contributed by atoms with van der Waals surface area (Å²) in [6, 6.07) is 1.26. The smallest absolute Gasteiger partial charge is 0.338 e. The minimum absolute atomic E-state index is 0.0141. The summed E-state index contributed by atoms with van der Waals surface area (Å²) < 4.78 is 5.04. The second-order valence-corrected chi connectivity index (χ2v) is 5.47. The van der Waals surface area contributed by atoms with Gasteiger partial charge in [-0.1, -0.05) is 0 Å². The van der Waals surface area contributed by atoms with Gasteiger partial charge in [-0.05, 0) is 0 Å². The molecule has 8 heteroatoms. The highest BCUT2D eigenvalue weighted by atomic mass is 32.1. The van der Waals surface area contributed by atoms with E-state index in [1.54, 1.807) is 22.4 Å². The first-order valence-corrected chi connectivity index (χ1v) is 7.28. The molecule has 1 saturated heterocycles. The molecule has 1 amide bonds. The Labute approximate surface area is 124 Å². The summed E-state index contributed by atoms with van der Waals surface area (Å²) in [5.41, 5.74) is -0.0141. The lowest BCUT2D eigenvalue weighted by Gasteiger charge is -2.34. The number of hydrogen-bond acceptors (Lipinski definition) is 6. The maximum Gasteiger partial charge on any atom is 0.338 e. The number of aromatic carboxylic acids is 1. The molecule has 2 aromatic rings. The van der Waals surface area contributed by atoms with E-state index in [0.717, 1.165) is 11.4 Å². The number of carboxylic acids is 1. The van der Waals surface area contributed by atoms with Crippen molar-refractivity contribution in [2.75, 3.05) is 31.1 Å². The van der Waals surface area contributed by atoms with E-state index in [-0.39, 0.29) is 17.2 Å². The Morgan fingerprint density at radius 3 is 2.62 bits per heavy atom. The van der Waals surface area contributed by atoms with Crippen molar-refractivity contribution < 1.29 is 19.1 Å². The van der Waals surface area contributed by atoms with Crippen LogP contribution in [-0.4, -0.2) is 53.0 Å². The monoisotopic (exact) mass is 307 g/mol. The Hall–Kier alpha value is -2.35. The van der Waals surface area contributed by atoms with Crippen molar-refractivity contribution in [2.24, 2.45) is 0 Å². The highest BCUT2D eigenvalue weighted by molar-refractivity contribution is 7.13. The number of hydrogen-bond donors (Lipinski definition) is 1. The maximum absolute atomic E-state index is 12.2. The molecule has 1 aliphatic rings. The minimum Gasteiger partial charge on any atom is -0.478 e. The van der Waals surface area contributed by atoms with Crippen LogP contribution in [0, 0.1) is 0 Å². The first-order valence-electron chi connectivity index (χ1n) is 6.40. The van der Waals surface area contributed by atoms with Crippen molar-refractivity contribution in [2.45, 2.75) is 0 Å². The molecule has 0 spiro atoms. The van der Waals surface area contributed by atoms with E-state index in [2.05, 4.69) is 9.88 Å². The topological polar surface area (TPSA) is 86.9 Å². The van der Waals surface area contributed by atoms with Gasteiger partial charge < -0.3 is 19.3 Å². The average molecular weight is 307 g/mol. The molecule has 0 unspecified atom stereocenters. The molecule has 2 aromatic heterocycles. The molecule has 0 aliphatic carbocycles. The third-order valence-corrected chi connectivity index (χ3v) is 4.15. The summed E-state index contributed by atoms with van der Waals surface area (Å²) in [7, 11) is 0.